The molecule has 0 unspecified atom stereocenters. The molecule has 3 nitrogen and oxygen atoms in total. The molecule has 0 N–H and O–H groups in total. The Morgan fingerprint density at radius 2 is 2.24 bits per heavy atom. The highest BCUT2D eigenvalue weighted by Crippen LogP contribution is 2.20. The van der Waals surface area contributed by atoms with Crippen molar-refractivity contribution in [2.75, 3.05) is 6.67 Å². The largest absolute Gasteiger partial charge is 0.300 e. The van der Waals surface area contributed by atoms with E-state index in [0.29, 0.717) is 5.56 Å². The number of halogens is 1. The second-order valence-electron chi connectivity index (χ2n) is 4.39. The van der Waals surface area contributed by atoms with E-state index < -0.39 is 6.67 Å². The van der Waals surface area contributed by atoms with Crippen LogP contribution in [0.5, 0.6) is 0 Å². The van der Waals surface area contributed by atoms with E-state index in [9.17, 15) is 4.39 Å². The minimum atomic E-state index is -0.674. The van der Waals surface area contributed by atoms with E-state index in [1.807, 2.05) is 29.0 Å². The van der Waals surface area contributed by atoms with E-state index in [1.54, 1.807) is 24.7 Å². The van der Waals surface area contributed by atoms with Crippen LogP contribution >= 0.6 is 0 Å². The molecule has 0 bridgehead atoms. The molecule has 0 aliphatic rings. The van der Waals surface area contributed by atoms with Gasteiger partial charge in [-0.15, -0.1) is 0 Å². The lowest BCUT2D eigenvalue weighted by Crippen LogP contribution is -1.98. The van der Waals surface area contributed by atoms with Crippen LogP contribution in [0.1, 0.15) is 11.1 Å². The number of rotatable bonds is 2. The highest BCUT2D eigenvalue weighted by atomic mass is 19.1. The minimum Gasteiger partial charge on any atom is -0.300 e. The molecule has 3 heterocycles. The van der Waals surface area contributed by atoms with Crippen molar-refractivity contribution in [2.24, 2.45) is 0 Å². The lowest BCUT2D eigenvalue weighted by Gasteiger charge is -2.06. The molecule has 102 valence electrons. The fourth-order valence-corrected chi connectivity index (χ4v) is 2.17. The van der Waals surface area contributed by atoms with Crippen molar-refractivity contribution in [2.45, 2.75) is 0 Å². The summed E-state index contributed by atoms with van der Waals surface area (Å²) in [6, 6.07) is 5.83. The fourth-order valence-electron chi connectivity index (χ4n) is 2.17. The maximum Gasteiger partial charge on any atom is 0.150 e. The summed E-state index contributed by atoms with van der Waals surface area (Å²) in [6.45, 7) is 3.10. The molecule has 3 aromatic heterocycles. The van der Waals surface area contributed by atoms with Gasteiger partial charge in [-0.05, 0) is 23.8 Å². The van der Waals surface area contributed by atoms with Gasteiger partial charge in [0.15, 0.2) is 6.67 Å². The van der Waals surface area contributed by atoms with Crippen molar-refractivity contribution < 1.29 is 4.39 Å². The maximum absolute atomic E-state index is 12.2. The van der Waals surface area contributed by atoms with Gasteiger partial charge in [0.25, 0.3) is 0 Å². The molecule has 0 amide bonds. The Bertz CT molecular complexity index is 868. The quantitative estimate of drug-likeness (QED) is 0.672. The van der Waals surface area contributed by atoms with Crippen LogP contribution in [0.4, 0.5) is 4.39 Å². The second kappa shape index (κ2) is 5.59. The number of fused-ring (bicyclic) bond motifs is 1. The van der Waals surface area contributed by atoms with Crippen molar-refractivity contribution in [1.29, 1.82) is 0 Å². The Labute approximate surface area is 121 Å². The van der Waals surface area contributed by atoms with Gasteiger partial charge in [-0.25, -0.2) is 9.37 Å². The summed E-state index contributed by atoms with van der Waals surface area (Å²) in [5, 5.41) is 1.09. The third-order valence-electron chi connectivity index (χ3n) is 3.17. The van der Waals surface area contributed by atoms with Gasteiger partial charge in [0, 0.05) is 24.0 Å². The molecule has 21 heavy (non-hydrogen) atoms. The van der Waals surface area contributed by atoms with Crippen molar-refractivity contribution in [1.82, 2.24) is 14.5 Å². The lowest BCUT2D eigenvalue weighted by molar-refractivity contribution is 0.573. The molecule has 0 aliphatic heterocycles. The zero-order valence-corrected chi connectivity index (χ0v) is 11.3. The number of nitrogens with zero attached hydrogens (tertiary/aromatic N) is 3. The first kappa shape index (κ1) is 13.1. The van der Waals surface area contributed by atoms with E-state index in [2.05, 4.69) is 28.4 Å². The molecule has 0 saturated heterocycles. The third-order valence-corrected chi connectivity index (χ3v) is 3.17. The average Bonchev–Trinajstić information content (AvgIpc) is 2.97. The topological polar surface area (TPSA) is 30.7 Å². The Balaban J connectivity index is 2.13. The van der Waals surface area contributed by atoms with Gasteiger partial charge < -0.3 is 0 Å². The van der Waals surface area contributed by atoms with Gasteiger partial charge in [-0.1, -0.05) is 24.5 Å². The van der Waals surface area contributed by atoms with Crippen molar-refractivity contribution in [3.8, 4) is 17.7 Å². The molecule has 0 aromatic carbocycles. The number of pyridine rings is 2. The van der Waals surface area contributed by atoms with E-state index in [4.69, 9.17) is 0 Å². The van der Waals surface area contributed by atoms with E-state index in [0.717, 1.165) is 22.3 Å². The first-order valence-corrected chi connectivity index (χ1v) is 6.42. The zero-order chi connectivity index (χ0) is 14.7. The van der Waals surface area contributed by atoms with Crippen LogP contribution in [-0.2, 0) is 0 Å². The number of alkyl halides is 1. The summed E-state index contributed by atoms with van der Waals surface area (Å²) in [6.07, 6.45) is 8.81. The van der Waals surface area contributed by atoms with E-state index >= 15 is 0 Å². The zero-order valence-electron chi connectivity index (χ0n) is 11.3. The maximum atomic E-state index is 12.2. The smallest absolute Gasteiger partial charge is 0.150 e. The summed E-state index contributed by atoms with van der Waals surface area (Å²) in [5.74, 6) is 5.89. The third kappa shape index (κ3) is 2.41. The molecular formula is C17H12FN3. The van der Waals surface area contributed by atoms with Crippen molar-refractivity contribution >= 4 is 17.0 Å². The van der Waals surface area contributed by atoms with E-state index in [1.165, 1.54) is 0 Å². The Kier molecular flexibility index (Phi) is 3.48. The SMILES string of the molecule is C=Cc1cc(-n2ccc3ccncc32)ncc1C#CCF. The Hall–Kier alpha value is -2.93. The van der Waals surface area contributed by atoms with Gasteiger partial charge in [0.1, 0.15) is 5.82 Å². The molecule has 4 heteroatoms. The molecule has 0 aliphatic carbocycles. The Morgan fingerprint density at radius 1 is 1.33 bits per heavy atom. The molecule has 0 fully saturated rings. The standard InChI is InChI=1S/C17H12FN3/c1-2-13-10-17(20-11-15(13)4-3-7-18)21-9-6-14-5-8-19-12-16(14)21/h2,5-6,8-12H,1,7H2. The average molecular weight is 277 g/mol. The van der Waals surface area contributed by atoms with Gasteiger partial charge in [-0.2, -0.15) is 0 Å². The van der Waals surface area contributed by atoms with Crippen LogP contribution in [-0.4, -0.2) is 21.2 Å². The first-order chi connectivity index (χ1) is 10.3. The van der Waals surface area contributed by atoms with E-state index in [-0.39, 0.29) is 0 Å². The predicted molar refractivity (Wildman–Crippen MR) is 81.8 cm³/mol. The van der Waals surface area contributed by atoms with Gasteiger partial charge >= 0.3 is 0 Å². The summed E-state index contributed by atoms with van der Waals surface area (Å²) in [5.41, 5.74) is 2.47. The van der Waals surface area contributed by atoms with Crippen LogP contribution in [0, 0.1) is 11.8 Å². The summed E-state index contributed by atoms with van der Waals surface area (Å²) in [7, 11) is 0. The highest BCUT2D eigenvalue weighted by Gasteiger charge is 2.06. The molecular weight excluding hydrogens is 265 g/mol. The Morgan fingerprint density at radius 3 is 3.05 bits per heavy atom. The van der Waals surface area contributed by atoms with Crippen LogP contribution < -0.4 is 0 Å². The molecule has 0 radical (unpaired) electrons. The molecule has 0 atom stereocenters. The monoisotopic (exact) mass is 277 g/mol. The summed E-state index contributed by atoms with van der Waals surface area (Å²) in [4.78, 5) is 8.53. The van der Waals surface area contributed by atoms with Crippen LogP contribution in [0.2, 0.25) is 0 Å². The first-order valence-electron chi connectivity index (χ1n) is 6.42. The van der Waals surface area contributed by atoms with Crippen molar-refractivity contribution in [3.63, 3.8) is 0 Å². The van der Waals surface area contributed by atoms with Gasteiger partial charge in [0.05, 0.1) is 17.3 Å². The van der Waals surface area contributed by atoms with Crippen LogP contribution in [0.25, 0.3) is 22.8 Å². The van der Waals surface area contributed by atoms with Crippen molar-refractivity contribution in [3.05, 3.63) is 60.7 Å². The van der Waals surface area contributed by atoms with Crippen LogP contribution in [0.15, 0.2) is 49.6 Å². The number of hydrogen-bond acceptors (Lipinski definition) is 2. The minimum absolute atomic E-state index is 0.668. The lowest BCUT2D eigenvalue weighted by atomic mass is 10.1. The number of aromatic nitrogens is 3. The van der Waals surface area contributed by atoms with Gasteiger partial charge in [0.2, 0.25) is 0 Å². The normalized spacial score (nSPS) is 10.1. The molecule has 0 spiro atoms. The van der Waals surface area contributed by atoms with Crippen LogP contribution in [0.3, 0.4) is 0 Å². The fraction of sp³-hybridized carbons (Fsp3) is 0.0588. The second-order valence-corrected chi connectivity index (χ2v) is 4.39. The van der Waals surface area contributed by atoms with Gasteiger partial charge in [-0.3, -0.25) is 9.55 Å². The number of hydrogen-bond donors (Lipinski definition) is 0. The highest BCUT2D eigenvalue weighted by molar-refractivity contribution is 5.80. The molecule has 3 aromatic rings. The predicted octanol–water partition coefficient (Wildman–Crippen LogP) is 3.38. The molecule has 0 saturated carbocycles. The summed E-state index contributed by atoms with van der Waals surface area (Å²) < 4.78 is 14.1. The molecule has 3 rings (SSSR count). The summed E-state index contributed by atoms with van der Waals surface area (Å²) >= 11 is 0.